The fourth-order valence-corrected chi connectivity index (χ4v) is 3.20. The van der Waals surface area contributed by atoms with Crippen molar-refractivity contribution in [2.24, 2.45) is 5.92 Å². The Morgan fingerprint density at radius 3 is 2.68 bits per heavy atom. The van der Waals surface area contributed by atoms with E-state index in [1.54, 1.807) is 7.11 Å². The SMILES string of the molecule is COc1ccccc1NC(=O)[C@@H]1CCCN(c2nc(C)cc(C)n2)C1. The number of aryl methyl sites for hydroxylation is 2. The van der Waals surface area contributed by atoms with Gasteiger partial charge in [0.2, 0.25) is 11.9 Å². The molecule has 1 aromatic carbocycles. The topological polar surface area (TPSA) is 67.3 Å². The Morgan fingerprint density at radius 2 is 1.96 bits per heavy atom. The van der Waals surface area contributed by atoms with Crippen LogP contribution in [0, 0.1) is 19.8 Å². The number of carbonyl (C=O) groups excluding carboxylic acids is 1. The van der Waals surface area contributed by atoms with Crippen LogP contribution in [-0.2, 0) is 4.79 Å². The van der Waals surface area contributed by atoms with Crippen LogP contribution in [0.25, 0.3) is 0 Å². The molecule has 1 aromatic heterocycles. The fourth-order valence-electron chi connectivity index (χ4n) is 3.20. The summed E-state index contributed by atoms with van der Waals surface area (Å²) < 4.78 is 5.31. The van der Waals surface area contributed by atoms with Crippen LogP contribution in [0.5, 0.6) is 5.75 Å². The normalized spacial score (nSPS) is 17.2. The lowest BCUT2D eigenvalue weighted by Crippen LogP contribution is -2.41. The van der Waals surface area contributed by atoms with E-state index in [9.17, 15) is 4.79 Å². The van der Waals surface area contributed by atoms with Crippen molar-refractivity contribution in [1.82, 2.24) is 9.97 Å². The molecule has 0 aliphatic carbocycles. The number of para-hydroxylation sites is 2. The molecule has 3 rings (SSSR count). The van der Waals surface area contributed by atoms with Crippen molar-refractivity contribution in [3.05, 3.63) is 41.7 Å². The molecule has 2 heterocycles. The molecular weight excluding hydrogens is 316 g/mol. The summed E-state index contributed by atoms with van der Waals surface area (Å²) in [5, 5.41) is 2.99. The molecule has 1 aliphatic heterocycles. The number of anilines is 2. The molecule has 0 bridgehead atoms. The second-order valence-corrected chi connectivity index (χ2v) is 6.43. The van der Waals surface area contributed by atoms with Gasteiger partial charge in [-0.25, -0.2) is 9.97 Å². The summed E-state index contributed by atoms with van der Waals surface area (Å²) in [5.41, 5.74) is 2.60. The molecule has 0 spiro atoms. The first kappa shape index (κ1) is 17.2. The summed E-state index contributed by atoms with van der Waals surface area (Å²) in [5.74, 6) is 1.30. The van der Waals surface area contributed by atoms with E-state index < -0.39 is 0 Å². The number of carbonyl (C=O) groups is 1. The zero-order valence-corrected chi connectivity index (χ0v) is 15.0. The summed E-state index contributed by atoms with van der Waals surface area (Å²) in [6, 6.07) is 9.42. The van der Waals surface area contributed by atoms with Crippen molar-refractivity contribution < 1.29 is 9.53 Å². The number of ether oxygens (including phenoxy) is 1. The molecule has 1 saturated heterocycles. The molecule has 1 fully saturated rings. The van der Waals surface area contributed by atoms with Gasteiger partial charge in [0.25, 0.3) is 0 Å². The molecule has 6 heteroatoms. The van der Waals surface area contributed by atoms with E-state index in [0.29, 0.717) is 23.9 Å². The lowest BCUT2D eigenvalue weighted by molar-refractivity contribution is -0.120. The third-order valence-corrected chi connectivity index (χ3v) is 4.41. The molecule has 1 amide bonds. The van der Waals surface area contributed by atoms with Gasteiger partial charge in [-0.05, 0) is 44.9 Å². The average molecular weight is 340 g/mol. The summed E-state index contributed by atoms with van der Waals surface area (Å²) in [4.78, 5) is 23.9. The Kier molecular flexibility index (Phi) is 5.16. The maximum Gasteiger partial charge on any atom is 0.229 e. The minimum atomic E-state index is -0.0944. The predicted octanol–water partition coefficient (Wildman–Crippen LogP) is 2.96. The molecule has 0 radical (unpaired) electrons. The highest BCUT2D eigenvalue weighted by Gasteiger charge is 2.27. The smallest absolute Gasteiger partial charge is 0.229 e. The summed E-state index contributed by atoms with van der Waals surface area (Å²) in [6.07, 6.45) is 1.81. The van der Waals surface area contributed by atoms with E-state index >= 15 is 0 Å². The maximum atomic E-state index is 12.7. The number of methoxy groups -OCH3 is 1. The van der Waals surface area contributed by atoms with Gasteiger partial charge in [-0.3, -0.25) is 4.79 Å². The van der Waals surface area contributed by atoms with Crippen molar-refractivity contribution in [3.63, 3.8) is 0 Å². The van der Waals surface area contributed by atoms with Gasteiger partial charge in [-0.2, -0.15) is 0 Å². The van der Waals surface area contributed by atoms with Gasteiger partial charge < -0.3 is 15.0 Å². The highest BCUT2D eigenvalue weighted by atomic mass is 16.5. The number of hydrogen-bond acceptors (Lipinski definition) is 5. The van der Waals surface area contributed by atoms with Crippen LogP contribution in [0.3, 0.4) is 0 Å². The van der Waals surface area contributed by atoms with Gasteiger partial charge >= 0.3 is 0 Å². The molecule has 2 aromatic rings. The zero-order valence-electron chi connectivity index (χ0n) is 15.0. The number of rotatable bonds is 4. The lowest BCUT2D eigenvalue weighted by atomic mass is 9.97. The second-order valence-electron chi connectivity index (χ2n) is 6.43. The van der Waals surface area contributed by atoms with E-state index in [0.717, 1.165) is 30.8 Å². The van der Waals surface area contributed by atoms with Crippen molar-refractivity contribution in [3.8, 4) is 5.75 Å². The molecular formula is C19H24N4O2. The third-order valence-electron chi connectivity index (χ3n) is 4.41. The van der Waals surface area contributed by atoms with Gasteiger partial charge in [-0.15, -0.1) is 0 Å². The first-order chi connectivity index (χ1) is 12.1. The van der Waals surface area contributed by atoms with Crippen molar-refractivity contribution >= 4 is 17.5 Å². The maximum absolute atomic E-state index is 12.7. The Bertz CT molecular complexity index is 743. The molecule has 6 nitrogen and oxygen atoms in total. The Balaban J connectivity index is 1.71. The van der Waals surface area contributed by atoms with Crippen LogP contribution < -0.4 is 15.0 Å². The van der Waals surface area contributed by atoms with E-state index in [-0.39, 0.29) is 11.8 Å². The molecule has 0 saturated carbocycles. The van der Waals surface area contributed by atoms with Gasteiger partial charge in [0.1, 0.15) is 5.75 Å². The highest BCUT2D eigenvalue weighted by molar-refractivity contribution is 5.94. The number of nitrogens with zero attached hydrogens (tertiary/aromatic N) is 3. The van der Waals surface area contributed by atoms with E-state index in [4.69, 9.17) is 4.74 Å². The van der Waals surface area contributed by atoms with E-state index in [1.165, 1.54) is 0 Å². The van der Waals surface area contributed by atoms with Gasteiger partial charge in [-0.1, -0.05) is 12.1 Å². The number of aromatic nitrogens is 2. The zero-order chi connectivity index (χ0) is 17.8. The molecule has 0 unspecified atom stereocenters. The number of piperidine rings is 1. The summed E-state index contributed by atoms with van der Waals surface area (Å²) >= 11 is 0. The minimum Gasteiger partial charge on any atom is -0.495 e. The van der Waals surface area contributed by atoms with Crippen LogP contribution in [0.15, 0.2) is 30.3 Å². The Hall–Kier alpha value is -2.63. The molecule has 25 heavy (non-hydrogen) atoms. The Labute approximate surface area is 148 Å². The minimum absolute atomic E-state index is 0.0126. The Morgan fingerprint density at radius 1 is 1.24 bits per heavy atom. The fraction of sp³-hybridized carbons (Fsp3) is 0.421. The summed E-state index contributed by atoms with van der Waals surface area (Å²) in [6.45, 7) is 5.44. The molecule has 1 N–H and O–H groups in total. The molecule has 1 aliphatic rings. The van der Waals surface area contributed by atoms with E-state index in [1.807, 2.05) is 44.2 Å². The van der Waals surface area contributed by atoms with Crippen LogP contribution in [-0.4, -0.2) is 36.1 Å². The standard InChI is InChI=1S/C19H24N4O2/c1-13-11-14(2)21-19(20-13)23-10-6-7-15(12-23)18(24)22-16-8-4-5-9-17(16)25-3/h4-5,8-9,11,15H,6-7,10,12H2,1-3H3,(H,22,24)/t15-/m1/s1. The van der Waals surface area contributed by atoms with Crippen molar-refractivity contribution in [2.45, 2.75) is 26.7 Å². The lowest BCUT2D eigenvalue weighted by Gasteiger charge is -2.32. The van der Waals surface area contributed by atoms with Gasteiger partial charge in [0.05, 0.1) is 18.7 Å². The quantitative estimate of drug-likeness (QED) is 0.927. The number of amides is 1. The van der Waals surface area contributed by atoms with Crippen molar-refractivity contribution in [1.29, 1.82) is 0 Å². The highest BCUT2D eigenvalue weighted by Crippen LogP contribution is 2.26. The van der Waals surface area contributed by atoms with Gasteiger partial charge in [0, 0.05) is 24.5 Å². The van der Waals surface area contributed by atoms with Crippen LogP contribution in [0.2, 0.25) is 0 Å². The van der Waals surface area contributed by atoms with E-state index in [2.05, 4.69) is 20.2 Å². The second kappa shape index (κ2) is 7.51. The number of nitrogens with one attached hydrogen (secondary N) is 1. The molecule has 132 valence electrons. The summed E-state index contributed by atoms with van der Waals surface area (Å²) in [7, 11) is 1.60. The average Bonchev–Trinajstić information content (AvgIpc) is 2.61. The number of benzene rings is 1. The monoisotopic (exact) mass is 340 g/mol. The first-order valence-electron chi connectivity index (χ1n) is 8.58. The third kappa shape index (κ3) is 4.07. The predicted molar refractivity (Wildman–Crippen MR) is 98.1 cm³/mol. The molecule has 1 atom stereocenters. The van der Waals surface area contributed by atoms with Crippen LogP contribution >= 0.6 is 0 Å². The van der Waals surface area contributed by atoms with Crippen LogP contribution in [0.1, 0.15) is 24.2 Å². The number of hydrogen-bond donors (Lipinski definition) is 1. The van der Waals surface area contributed by atoms with Gasteiger partial charge in [0.15, 0.2) is 0 Å². The largest absolute Gasteiger partial charge is 0.495 e. The van der Waals surface area contributed by atoms with Crippen molar-refractivity contribution in [2.75, 3.05) is 30.4 Å². The first-order valence-corrected chi connectivity index (χ1v) is 8.58. The van der Waals surface area contributed by atoms with Crippen LogP contribution in [0.4, 0.5) is 11.6 Å².